The van der Waals surface area contributed by atoms with Gasteiger partial charge in [0.15, 0.2) is 0 Å². The quantitative estimate of drug-likeness (QED) is 0.892. The third-order valence-electron chi connectivity index (χ3n) is 3.73. The van der Waals surface area contributed by atoms with Gasteiger partial charge in [-0.2, -0.15) is 0 Å². The van der Waals surface area contributed by atoms with Crippen molar-refractivity contribution in [2.75, 3.05) is 44.7 Å². The summed E-state index contributed by atoms with van der Waals surface area (Å²) in [7, 11) is 1.87. The summed E-state index contributed by atoms with van der Waals surface area (Å²) in [6, 6.07) is 5.57. The molecule has 0 atom stereocenters. The van der Waals surface area contributed by atoms with E-state index in [0.29, 0.717) is 12.5 Å². The van der Waals surface area contributed by atoms with Crippen molar-refractivity contribution in [3.8, 4) is 0 Å². The lowest BCUT2D eigenvalue weighted by atomic mass is 10.1. The van der Waals surface area contributed by atoms with Gasteiger partial charge in [-0.05, 0) is 30.7 Å². The number of rotatable bonds is 5. The number of halogens is 1. The molecular weight excluding hydrogens is 253 g/mol. The summed E-state index contributed by atoms with van der Waals surface area (Å²) in [6.45, 7) is 10.2. The maximum absolute atomic E-state index is 14.2. The zero-order valence-electron chi connectivity index (χ0n) is 12.8. The molecule has 0 unspecified atom stereocenters. The number of piperazine rings is 1. The fraction of sp³-hybridized carbons (Fsp3) is 0.625. The van der Waals surface area contributed by atoms with Gasteiger partial charge in [0.05, 0.1) is 5.69 Å². The predicted molar refractivity (Wildman–Crippen MR) is 82.7 cm³/mol. The number of benzene rings is 1. The minimum atomic E-state index is -0.102. The fourth-order valence-electron chi connectivity index (χ4n) is 2.81. The Morgan fingerprint density at radius 2 is 1.90 bits per heavy atom. The van der Waals surface area contributed by atoms with Crippen molar-refractivity contribution in [3.05, 3.63) is 29.6 Å². The summed E-state index contributed by atoms with van der Waals surface area (Å²) in [4.78, 5) is 4.63. The fourth-order valence-corrected chi connectivity index (χ4v) is 2.81. The predicted octanol–water partition coefficient (Wildman–Crippen LogP) is 2.32. The zero-order valence-corrected chi connectivity index (χ0v) is 12.8. The van der Waals surface area contributed by atoms with Gasteiger partial charge < -0.3 is 10.2 Å². The van der Waals surface area contributed by atoms with Crippen LogP contribution in [0, 0.1) is 11.7 Å². The van der Waals surface area contributed by atoms with Gasteiger partial charge in [0.1, 0.15) is 5.82 Å². The first-order valence-electron chi connectivity index (χ1n) is 7.50. The van der Waals surface area contributed by atoms with Gasteiger partial charge >= 0.3 is 0 Å². The maximum Gasteiger partial charge on any atom is 0.146 e. The van der Waals surface area contributed by atoms with Gasteiger partial charge in [0, 0.05) is 39.3 Å². The van der Waals surface area contributed by atoms with E-state index >= 15 is 0 Å². The number of nitrogens with zero attached hydrogens (tertiary/aromatic N) is 2. The minimum Gasteiger partial charge on any atom is -0.367 e. The Balaban J connectivity index is 1.96. The third kappa shape index (κ3) is 3.93. The monoisotopic (exact) mass is 279 g/mol. The van der Waals surface area contributed by atoms with Crippen LogP contribution in [0.1, 0.15) is 19.4 Å². The SMILES string of the molecule is CNCc1ccc(N2CCN(CC(C)C)CC2)c(F)c1. The molecule has 0 bridgehead atoms. The second-order valence-electron chi connectivity index (χ2n) is 6.00. The molecule has 1 heterocycles. The van der Waals surface area contributed by atoms with Gasteiger partial charge in [-0.15, -0.1) is 0 Å². The van der Waals surface area contributed by atoms with Crippen LogP contribution in [0.5, 0.6) is 0 Å². The first-order chi connectivity index (χ1) is 9.60. The van der Waals surface area contributed by atoms with Gasteiger partial charge in [-0.3, -0.25) is 4.90 Å². The van der Waals surface area contributed by atoms with E-state index in [4.69, 9.17) is 0 Å². The molecule has 1 N–H and O–H groups in total. The molecule has 0 saturated carbocycles. The minimum absolute atomic E-state index is 0.102. The molecule has 0 aromatic heterocycles. The first kappa shape index (κ1) is 15.3. The highest BCUT2D eigenvalue weighted by Crippen LogP contribution is 2.22. The molecule has 112 valence electrons. The number of hydrogen-bond donors (Lipinski definition) is 1. The summed E-state index contributed by atoms with van der Waals surface area (Å²) in [6.07, 6.45) is 0. The Morgan fingerprint density at radius 1 is 1.20 bits per heavy atom. The molecule has 20 heavy (non-hydrogen) atoms. The molecule has 0 radical (unpaired) electrons. The van der Waals surface area contributed by atoms with Crippen molar-refractivity contribution >= 4 is 5.69 Å². The van der Waals surface area contributed by atoms with Crippen LogP contribution < -0.4 is 10.2 Å². The van der Waals surface area contributed by atoms with Crippen LogP contribution >= 0.6 is 0 Å². The van der Waals surface area contributed by atoms with Crippen molar-refractivity contribution in [1.29, 1.82) is 0 Å². The average molecular weight is 279 g/mol. The Hall–Kier alpha value is -1.13. The highest BCUT2D eigenvalue weighted by molar-refractivity contribution is 5.49. The smallest absolute Gasteiger partial charge is 0.146 e. The van der Waals surface area contributed by atoms with E-state index < -0.39 is 0 Å². The maximum atomic E-state index is 14.2. The lowest BCUT2D eigenvalue weighted by Gasteiger charge is -2.37. The summed E-state index contributed by atoms with van der Waals surface area (Å²) >= 11 is 0. The molecule has 0 amide bonds. The van der Waals surface area contributed by atoms with E-state index in [0.717, 1.165) is 44.0 Å². The molecule has 0 aliphatic carbocycles. The lowest BCUT2D eigenvalue weighted by Crippen LogP contribution is -2.47. The second kappa shape index (κ2) is 7.04. The molecule has 1 aromatic carbocycles. The molecule has 1 fully saturated rings. The average Bonchev–Trinajstić information content (AvgIpc) is 2.40. The van der Waals surface area contributed by atoms with E-state index in [1.165, 1.54) is 0 Å². The summed E-state index contributed by atoms with van der Waals surface area (Å²) in [5.74, 6) is 0.592. The van der Waals surface area contributed by atoms with Crippen molar-refractivity contribution in [2.45, 2.75) is 20.4 Å². The van der Waals surface area contributed by atoms with Crippen molar-refractivity contribution in [1.82, 2.24) is 10.2 Å². The van der Waals surface area contributed by atoms with Gasteiger partial charge in [-0.1, -0.05) is 19.9 Å². The van der Waals surface area contributed by atoms with Crippen LogP contribution in [0.3, 0.4) is 0 Å². The molecule has 1 aliphatic heterocycles. The van der Waals surface area contributed by atoms with Crippen LogP contribution in [0.4, 0.5) is 10.1 Å². The van der Waals surface area contributed by atoms with E-state index in [9.17, 15) is 4.39 Å². The van der Waals surface area contributed by atoms with Crippen LogP contribution in [-0.2, 0) is 6.54 Å². The van der Waals surface area contributed by atoms with Crippen molar-refractivity contribution in [3.63, 3.8) is 0 Å². The molecule has 2 rings (SSSR count). The van der Waals surface area contributed by atoms with Crippen LogP contribution in [-0.4, -0.2) is 44.7 Å². The molecule has 1 aliphatic rings. The largest absolute Gasteiger partial charge is 0.367 e. The Bertz CT molecular complexity index is 426. The van der Waals surface area contributed by atoms with Gasteiger partial charge in [0.25, 0.3) is 0 Å². The number of nitrogens with one attached hydrogen (secondary N) is 1. The Kier molecular flexibility index (Phi) is 5.38. The number of anilines is 1. The van der Waals surface area contributed by atoms with E-state index in [1.54, 1.807) is 6.07 Å². The highest BCUT2D eigenvalue weighted by atomic mass is 19.1. The van der Waals surface area contributed by atoms with E-state index in [1.807, 2.05) is 19.2 Å². The normalized spacial score (nSPS) is 16.9. The lowest BCUT2D eigenvalue weighted by molar-refractivity contribution is 0.231. The summed E-state index contributed by atoms with van der Waals surface area (Å²) in [5, 5.41) is 3.05. The van der Waals surface area contributed by atoms with Crippen molar-refractivity contribution in [2.24, 2.45) is 5.92 Å². The third-order valence-corrected chi connectivity index (χ3v) is 3.73. The van der Waals surface area contributed by atoms with Crippen LogP contribution in [0.2, 0.25) is 0 Å². The van der Waals surface area contributed by atoms with E-state index in [-0.39, 0.29) is 5.82 Å². The molecule has 1 saturated heterocycles. The van der Waals surface area contributed by atoms with Crippen molar-refractivity contribution < 1.29 is 4.39 Å². The molecule has 0 spiro atoms. The van der Waals surface area contributed by atoms with Crippen LogP contribution in [0.25, 0.3) is 0 Å². The second-order valence-corrected chi connectivity index (χ2v) is 6.00. The van der Waals surface area contributed by atoms with Gasteiger partial charge in [0.2, 0.25) is 0 Å². The molecular formula is C16H26FN3. The zero-order chi connectivity index (χ0) is 14.5. The highest BCUT2D eigenvalue weighted by Gasteiger charge is 2.19. The summed E-state index contributed by atoms with van der Waals surface area (Å²) < 4.78 is 14.2. The van der Waals surface area contributed by atoms with E-state index in [2.05, 4.69) is 29.0 Å². The molecule has 4 heteroatoms. The molecule has 3 nitrogen and oxygen atoms in total. The molecule has 1 aromatic rings. The topological polar surface area (TPSA) is 18.5 Å². The number of hydrogen-bond acceptors (Lipinski definition) is 3. The summed E-state index contributed by atoms with van der Waals surface area (Å²) in [5.41, 5.74) is 1.74. The van der Waals surface area contributed by atoms with Crippen LogP contribution in [0.15, 0.2) is 18.2 Å². The Labute approximate surface area is 121 Å². The van der Waals surface area contributed by atoms with Gasteiger partial charge in [-0.25, -0.2) is 4.39 Å². The Morgan fingerprint density at radius 3 is 2.45 bits per heavy atom. The standard InChI is InChI=1S/C16H26FN3/c1-13(2)12-19-6-8-20(9-7-19)16-5-4-14(11-18-3)10-15(16)17/h4-5,10,13,18H,6-9,11-12H2,1-3H3. The first-order valence-corrected chi connectivity index (χ1v) is 7.50.